The lowest BCUT2D eigenvalue weighted by molar-refractivity contribution is 0.0701. The van der Waals surface area contributed by atoms with Crippen LogP contribution in [-0.4, -0.2) is 11.1 Å². The number of thioether (sulfide) groups is 1. The molecule has 0 aliphatic heterocycles. The average Bonchev–Trinajstić information content (AvgIpc) is 2.76. The molecule has 0 amide bonds. The van der Waals surface area contributed by atoms with Gasteiger partial charge in [0.25, 0.3) is 0 Å². The van der Waals surface area contributed by atoms with Crippen molar-refractivity contribution < 1.29 is 9.90 Å². The Morgan fingerprint density at radius 2 is 2.22 bits per heavy atom. The molecule has 0 bridgehead atoms. The summed E-state index contributed by atoms with van der Waals surface area (Å²) in [5.74, 6) is -0.231. The zero-order valence-corrected chi connectivity index (χ0v) is 12.4. The minimum absolute atomic E-state index is 0.411. The van der Waals surface area contributed by atoms with Crippen LogP contribution in [0.2, 0.25) is 0 Å². The summed E-state index contributed by atoms with van der Waals surface area (Å²) < 4.78 is 0.930. The predicted molar refractivity (Wildman–Crippen MR) is 79.4 cm³/mol. The Bertz CT molecular complexity index is 583. The minimum atomic E-state index is -0.864. The maximum Gasteiger partial charge on any atom is 0.346 e. The molecule has 2 aromatic rings. The van der Waals surface area contributed by atoms with E-state index in [-0.39, 0.29) is 0 Å². The molecule has 3 nitrogen and oxygen atoms in total. The fraction of sp³-hybridized carbons (Fsp3) is 0.0833. The topological polar surface area (TPSA) is 63.3 Å². The SMILES string of the molecule is Nc1ccc(SCc2ccsc2C(=O)O)c(Br)c1. The maximum atomic E-state index is 11.0. The Labute approximate surface area is 121 Å². The number of nitrogens with two attached hydrogens (primary N) is 1. The molecule has 0 spiro atoms. The first-order valence-corrected chi connectivity index (χ1v) is 7.71. The fourth-order valence-electron chi connectivity index (χ4n) is 1.43. The number of aromatic carboxylic acids is 1. The number of nitrogen functional groups attached to an aromatic ring is 1. The van der Waals surface area contributed by atoms with E-state index in [0.717, 1.165) is 14.9 Å². The number of carboxylic acids is 1. The van der Waals surface area contributed by atoms with E-state index in [4.69, 9.17) is 10.8 Å². The molecular formula is C12H10BrNO2S2. The van der Waals surface area contributed by atoms with Crippen LogP contribution < -0.4 is 5.73 Å². The first-order chi connectivity index (χ1) is 8.58. The first-order valence-electron chi connectivity index (χ1n) is 5.05. The molecular weight excluding hydrogens is 334 g/mol. The second-order valence-electron chi connectivity index (χ2n) is 3.56. The quantitative estimate of drug-likeness (QED) is 0.648. The van der Waals surface area contributed by atoms with Gasteiger partial charge in [-0.2, -0.15) is 0 Å². The van der Waals surface area contributed by atoms with E-state index in [2.05, 4.69) is 15.9 Å². The van der Waals surface area contributed by atoms with Gasteiger partial charge in [-0.05, 0) is 51.1 Å². The van der Waals surface area contributed by atoms with Gasteiger partial charge in [0.2, 0.25) is 0 Å². The van der Waals surface area contributed by atoms with Gasteiger partial charge in [0, 0.05) is 20.8 Å². The zero-order chi connectivity index (χ0) is 13.1. The van der Waals surface area contributed by atoms with E-state index in [0.29, 0.717) is 16.3 Å². The van der Waals surface area contributed by atoms with Crippen LogP contribution in [0.1, 0.15) is 15.2 Å². The molecule has 0 saturated carbocycles. The average molecular weight is 344 g/mol. The number of benzene rings is 1. The molecule has 0 unspecified atom stereocenters. The normalized spacial score (nSPS) is 10.5. The highest BCUT2D eigenvalue weighted by Gasteiger charge is 2.12. The third-order valence-corrected chi connectivity index (χ3v) is 5.27. The molecule has 6 heteroatoms. The van der Waals surface area contributed by atoms with Crippen LogP contribution in [0.4, 0.5) is 5.69 Å². The van der Waals surface area contributed by atoms with E-state index in [1.54, 1.807) is 17.1 Å². The molecule has 94 valence electrons. The molecule has 3 N–H and O–H groups in total. The van der Waals surface area contributed by atoms with Gasteiger partial charge in [-0.15, -0.1) is 23.1 Å². The molecule has 1 heterocycles. The number of anilines is 1. The van der Waals surface area contributed by atoms with Gasteiger partial charge in [0.15, 0.2) is 0 Å². The van der Waals surface area contributed by atoms with Crippen LogP contribution in [0, 0.1) is 0 Å². The van der Waals surface area contributed by atoms with Crippen molar-refractivity contribution in [3.63, 3.8) is 0 Å². The van der Waals surface area contributed by atoms with Crippen molar-refractivity contribution in [3.8, 4) is 0 Å². The molecule has 0 aliphatic carbocycles. The third-order valence-electron chi connectivity index (χ3n) is 2.28. The Kier molecular flexibility index (Phi) is 4.31. The van der Waals surface area contributed by atoms with Gasteiger partial charge >= 0.3 is 5.97 Å². The van der Waals surface area contributed by atoms with Crippen LogP contribution in [0.25, 0.3) is 0 Å². The van der Waals surface area contributed by atoms with Gasteiger partial charge in [-0.1, -0.05) is 0 Å². The van der Waals surface area contributed by atoms with E-state index < -0.39 is 5.97 Å². The second kappa shape index (κ2) is 5.77. The first kappa shape index (κ1) is 13.5. The lowest BCUT2D eigenvalue weighted by Crippen LogP contribution is -1.96. The molecule has 0 atom stereocenters. The summed E-state index contributed by atoms with van der Waals surface area (Å²) in [7, 11) is 0. The monoisotopic (exact) mass is 343 g/mol. The highest BCUT2D eigenvalue weighted by atomic mass is 79.9. The standard InChI is InChI=1S/C12H10BrNO2S2/c13-9-5-8(14)1-2-10(9)18-6-7-3-4-17-11(7)12(15)16/h1-5H,6,14H2,(H,15,16). The Morgan fingerprint density at radius 3 is 2.89 bits per heavy atom. The Balaban J connectivity index is 2.11. The predicted octanol–water partition coefficient (Wildman–Crippen LogP) is 4.08. The number of carbonyl (C=O) groups is 1. The number of hydrogen-bond acceptors (Lipinski definition) is 4. The molecule has 0 aliphatic rings. The molecule has 18 heavy (non-hydrogen) atoms. The van der Waals surface area contributed by atoms with Gasteiger partial charge < -0.3 is 10.8 Å². The fourth-order valence-corrected chi connectivity index (χ4v) is 3.93. The molecule has 2 rings (SSSR count). The lowest BCUT2D eigenvalue weighted by atomic mass is 10.3. The van der Waals surface area contributed by atoms with Crippen molar-refractivity contribution >= 4 is 50.7 Å². The maximum absolute atomic E-state index is 11.0. The van der Waals surface area contributed by atoms with Crippen LogP contribution in [0.15, 0.2) is 39.0 Å². The number of carboxylic acid groups (broad SMARTS) is 1. The summed E-state index contributed by atoms with van der Waals surface area (Å²) in [6.45, 7) is 0. The van der Waals surface area contributed by atoms with Gasteiger partial charge in [-0.25, -0.2) is 4.79 Å². The van der Waals surface area contributed by atoms with E-state index in [9.17, 15) is 4.79 Å². The van der Waals surface area contributed by atoms with Gasteiger partial charge in [0.1, 0.15) is 4.88 Å². The molecule has 0 radical (unpaired) electrons. The van der Waals surface area contributed by atoms with Gasteiger partial charge in [-0.3, -0.25) is 0 Å². The largest absolute Gasteiger partial charge is 0.477 e. The van der Waals surface area contributed by atoms with Gasteiger partial charge in [0.05, 0.1) is 0 Å². The number of rotatable bonds is 4. The van der Waals surface area contributed by atoms with Crippen LogP contribution in [0.3, 0.4) is 0 Å². The molecule has 1 aromatic carbocycles. The van der Waals surface area contributed by atoms with E-state index >= 15 is 0 Å². The summed E-state index contributed by atoms with van der Waals surface area (Å²) in [4.78, 5) is 12.4. The highest BCUT2D eigenvalue weighted by Crippen LogP contribution is 2.33. The highest BCUT2D eigenvalue weighted by molar-refractivity contribution is 9.10. The summed E-state index contributed by atoms with van der Waals surface area (Å²) >= 11 is 6.29. The number of hydrogen-bond donors (Lipinski definition) is 2. The van der Waals surface area contributed by atoms with Crippen molar-refractivity contribution in [2.24, 2.45) is 0 Å². The minimum Gasteiger partial charge on any atom is -0.477 e. The molecule has 0 fully saturated rings. The second-order valence-corrected chi connectivity index (χ2v) is 6.35. The van der Waals surface area contributed by atoms with Crippen LogP contribution in [0.5, 0.6) is 0 Å². The smallest absolute Gasteiger partial charge is 0.346 e. The van der Waals surface area contributed by atoms with Crippen molar-refractivity contribution in [1.82, 2.24) is 0 Å². The van der Waals surface area contributed by atoms with E-state index in [1.807, 2.05) is 24.3 Å². The lowest BCUT2D eigenvalue weighted by Gasteiger charge is -2.05. The Morgan fingerprint density at radius 1 is 1.44 bits per heavy atom. The summed E-state index contributed by atoms with van der Waals surface area (Å²) in [5.41, 5.74) is 7.22. The summed E-state index contributed by atoms with van der Waals surface area (Å²) in [5, 5.41) is 10.8. The molecule has 0 saturated heterocycles. The number of thiophene rings is 1. The van der Waals surface area contributed by atoms with Crippen LogP contribution in [-0.2, 0) is 5.75 Å². The third kappa shape index (κ3) is 3.07. The summed E-state index contributed by atoms with van der Waals surface area (Å²) in [6, 6.07) is 7.45. The number of halogens is 1. The molecule has 1 aromatic heterocycles. The zero-order valence-electron chi connectivity index (χ0n) is 9.22. The van der Waals surface area contributed by atoms with Crippen molar-refractivity contribution in [3.05, 3.63) is 44.6 Å². The van der Waals surface area contributed by atoms with Crippen molar-refractivity contribution in [1.29, 1.82) is 0 Å². The van der Waals surface area contributed by atoms with Crippen LogP contribution >= 0.6 is 39.0 Å². The van der Waals surface area contributed by atoms with E-state index in [1.165, 1.54) is 11.3 Å². The van der Waals surface area contributed by atoms with Crippen molar-refractivity contribution in [2.45, 2.75) is 10.6 Å². The van der Waals surface area contributed by atoms with Crippen molar-refractivity contribution in [2.75, 3.05) is 5.73 Å². The summed E-state index contributed by atoms with van der Waals surface area (Å²) in [6.07, 6.45) is 0. The Hall–Kier alpha value is -0.980.